The largest absolute Gasteiger partial charge is 0.523 e. The summed E-state index contributed by atoms with van der Waals surface area (Å²) < 4.78 is 90.7. The molecule has 6 rings (SSSR count). The van der Waals surface area contributed by atoms with E-state index in [-0.39, 0.29) is 17.0 Å². The van der Waals surface area contributed by atoms with E-state index in [9.17, 15) is 31.2 Å². The first-order chi connectivity index (χ1) is 24.3. The molecule has 0 bridgehead atoms. The zero-order valence-electron chi connectivity index (χ0n) is 26.9. The van der Waals surface area contributed by atoms with E-state index in [1.807, 2.05) is 91.0 Å². The number of ether oxygens (including phenoxy) is 3. The first-order valence-corrected chi connectivity index (χ1v) is 16.8. The number of imidazole rings is 1. The molecule has 266 valence electrons. The van der Waals surface area contributed by atoms with E-state index in [4.69, 9.17) is 18.4 Å². The van der Waals surface area contributed by atoms with Crippen LogP contribution < -0.4 is 5.32 Å². The lowest BCUT2D eigenvalue weighted by atomic mass is 9.80. The van der Waals surface area contributed by atoms with Gasteiger partial charge in [-0.3, -0.25) is 18.3 Å². The number of nitrogens with zero attached hydrogens (tertiary/aromatic N) is 4. The zero-order chi connectivity index (χ0) is 36.4. The zero-order valence-corrected chi connectivity index (χ0v) is 27.7. The number of amides is 1. The molecule has 1 N–H and O–H groups in total. The number of aromatic nitrogens is 4. The summed E-state index contributed by atoms with van der Waals surface area (Å²) in [6, 6.07) is 27.4. The second-order valence-corrected chi connectivity index (χ2v) is 13.0. The quantitative estimate of drug-likeness (QED) is 0.0858. The number of esters is 1. The van der Waals surface area contributed by atoms with E-state index >= 15 is 0 Å². The Morgan fingerprint density at radius 3 is 1.88 bits per heavy atom. The fourth-order valence-corrected chi connectivity index (χ4v) is 6.58. The normalized spacial score (nSPS) is 19.5. The number of fused-ring (bicyclic) bond motifs is 1. The summed E-state index contributed by atoms with van der Waals surface area (Å²) in [6.07, 6.45) is -4.88. The standard InChI is InChI=1S/C34H30F3N5O8S/c1-21(43)41-30-27-31(39-19-38-30)42(20-40-27)32-29(50-51(45,46)34(35,36)37)28(48-22(2)44)26(49-32)18-47-33(23-12-6-3-7-13-23,24-14-8-4-9-15-24)25-16-10-5-11-17-25/h3-17,19-20,26,28-29,32H,18H2,1-2H3,(H,38,39,41,43)/t26-,28-,29-,32-/m1/s1. The lowest BCUT2D eigenvalue weighted by Gasteiger charge is -2.37. The monoisotopic (exact) mass is 725 g/mol. The molecule has 1 aliphatic rings. The Morgan fingerprint density at radius 1 is 0.843 bits per heavy atom. The smallest absolute Gasteiger partial charge is 0.457 e. The van der Waals surface area contributed by atoms with Gasteiger partial charge in [0, 0.05) is 13.8 Å². The number of alkyl halides is 3. The third-order valence-electron chi connectivity index (χ3n) is 8.04. The van der Waals surface area contributed by atoms with Crippen LogP contribution in [0.3, 0.4) is 0 Å². The molecule has 51 heavy (non-hydrogen) atoms. The fraction of sp³-hybridized carbons (Fsp3) is 0.265. The van der Waals surface area contributed by atoms with Crippen molar-refractivity contribution in [1.29, 1.82) is 0 Å². The lowest BCUT2D eigenvalue weighted by molar-refractivity contribution is -0.155. The molecule has 0 unspecified atom stereocenters. The molecule has 1 amide bonds. The van der Waals surface area contributed by atoms with Gasteiger partial charge in [0.1, 0.15) is 18.0 Å². The molecule has 4 atom stereocenters. The summed E-state index contributed by atoms with van der Waals surface area (Å²) in [7, 11) is -6.28. The van der Waals surface area contributed by atoms with Crippen LogP contribution in [0, 0.1) is 0 Å². The van der Waals surface area contributed by atoms with Gasteiger partial charge in [0.25, 0.3) is 0 Å². The van der Waals surface area contributed by atoms with Gasteiger partial charge < -0.3 is 19.5 Å². The van der Waals surface area contributed by atoms with E-state index in [0.29, 0.717) is 16.7 Å². The van der Waals surface area contributed by atoms with Gasteiger partial charge in [0.15, 0.2) is 35.4 Å². The number of anilines is 1. The van der Waals surface area contributed by atoms with E-state index in [0.717, 1.165) is 24.1 Å². The molecular formula is C34H30F3N5O8S. The van der Waals surface area contributed by atoms with Crippen LogP contribution >= 0.6 is 0 Å². The van der Waals surface area contributed by atoms with Crippen LogP contribution in [-0.2, 0) is 43.7 Å². The maximum absolute atomic E-state index is 13.8. The minimum absolute atomic E-state index is 0.00807. The number of hydrogen-bond donors (Lipinski definition) is 1. The minimum atomic E-state index is -6.28. The molecule has 0 radical (unpaired) electrons. The van der Waals surface area contributed by atoms with E-state index in [2.05, 4.69) is 20.3 Å². The van der Waals surface area contributed by atoms with Crippen molar-refractivity contribution >= 4 is 39.0 Å². The van der Waals surface area contributed by atoms with Crippen molar-refractivity contribution in [3.63, 3.8) is 0 Å². The van der Waals surface area contributed by atoms with Crippen LogP contribution in [0.2, 0.25) is 0 Å². The molecule has 3 aromatic carbocycles. The van der Waals surface area contributed by atoms with Gasteiger partial charge in [-0.15, -0.1) is 0 Å². The van der Waals surface area contributed by atoms with Gasteiger partial charge in [-0.1, -0.05) is 91.0 Å². The number of benzene rings is 3. The average molecular weight is 726 g/mol. The summed E-state index contributed by atoms with van der Waals surface area (Å²) in [4.78, 5) is 36.5. The third-order valence-corrected chi connectivity index (χ3v) is 9.08. The lowest BCUT2D eigenvalue weighted by Crippen LogP contribution is -2.44. The van der Waals surface area contributed by atoms with Gasteiger partial charge in [-0.25, -0.2) is 15.0 Å². The Kier molecular flexibility index (Phi) is 9.90. The van der Waals surface area contributed by atoms with Gasteiger partial charge in [-0.2, -0.15) is 21.6 Å². The summed E-state index contributed by atoms with van der Waals surface area (Å²) >= 11 is 0. The second-order valence-electron chi connectivity index (χ2n) is 11.4. The van der Waals surface area contributed by atoms with Gasteiger partial charge in [0.05, 0.1) is 12.9 Å². The SMILES string of the molecule is CC(=O)Nc1ncnc2c1ncn2[C@@H]1O[C@H](COC(c2ccccc2)(c2ccccc2)c2ccccc2)[C@@H](OC(C)=O)[C@H]1OS(=O)(=O)C(F)(F)F. The molecule has 3 heterocycles. The Balaban J connectivity index is 1.48. The third kappa shape index (κ3) is 7.05. The first kappa shape index (κ1) is 35.6. The van der Waals surface area contributed by atoms with Crippen molar-refractivity contribution in [1.82, 2.24) is 19.5 Å². The van der Waals surface area contributed by atoms with Gasteiger partial charge in [-0.05, 0) is 16.7 Å². The molecule has 13 nitrogen and oxygen atoms in total. The number of carbonyl (C=O) groups is 2. The average Bonchev–Trinajstić information content (AvgIpc) is 3.67. The van der Waals surface area contributed by atoms with Crippen molar-refractivity contribution in [3.05, 3.63) is 120 Å². The molecule has 17 heteroatoms. The Bertz CT molecular complexity index is 2020. The fourth-order valence-electron chi connectivity index (χ4n) is 5.98. The molecule has 5 aromatic rings. The van der Waals surface area contributed by atoms with Crippen molar-refractivity contribution in [2.24, 2.45) is 0 Å². The number of rotatable bonds is 11. The highest BCUT2D eigenvalue weighted by molar-refractivity contribution is 7.87. The van der Waals surface area contributed by atoms with Crippen molar-refractivity contribution in [2.75, 3.05) is 11.9 Å². The predicted molar refractivity (Wildman–Crippen MR) is 174 cm³/mol. The van der Waals surface area contributed by atoms with E-state index < -0.39 is 64.3 Å². The number of carbonyl (C=O) groups excluding carboxylic acids is 2. The molecule has 1 aliphatic heterocycles. The highest BCUT2D eigenvalue weighted by atomic mass is 32.2. The molecular weight excluding hydrogens is 695 g/mol. The topological polar surface area (TPSA) is 161 Å². The highest BCUT2D eigenvalue weighted by Crippen LogP contribution is 2.44. The van der Waals surface area contributed by atoms with Crippen molar-refractivity contribution in [3.8, 4) is 0 Å². The first-order valence-electron chi connectivity index (χ1n) is 15.4. The molecule has 0 spiro atoms. The van der Waals surface area contributed by atoms with Gasteiger partial charge in [0.2, 0.25) is 5.91 Å². The number of hydrogen-bond acceptors (Lipinski definition) is 11. The van der Waals surface area contributed by atoms with E-state index in [1.165, 1.54) is 6.92 Å². The Morgan fingerprint density at radius 2 is 1.39 bits per heavy atom. The van der Waals surface area contributed by atoms with Crippen LogP contribution in [0.25, 0.3) is 11.2 Å². The number of nitrogens with one attached hydrogen (secondary N) is 1. The Hall–Kier alpha value is -5.23. The van der Waals surface area contributed by atoms with Crippen LogP contribution in [0.15, 0.2) is 104 Å². The molecule has 2 aromatic heterocycles. The number of halogens is 3. The second kappa shape index (κ2) is 14.2. The maximum Gasteiger partial charge on any atom is 0.523 e. The molecule has 1 fully saturated rings. The van der Waals surface area contributed by atoms with Crippen LogP contribution in [0.4, 0.5) is 19.0 Å². The van der Waals surface area contributed by atoms with Crippen molar-refractivity contribution < 1.29 is 49.6 Å². The summed E-state index contributed by atoms with van der Waals surface area (Å²) in [6.45, 7) is 1.77. The molecule has 1 saturated heterocycles. The van der Waals surface area contributed by atoms with Crippen LogP contribution in [0.1, 0.15) is 36.8 Å². The minimum Gasteiger partial charge on any atom is -0.457 e. The maximum atomic E-state index is 13.8. The summed E-state index contributed by atoms with van der Waals surface area (Å²) in [5.41, 5.74) is -5.21. The van der Waals surface area contributed by atoms with Crippen molar-refractivity contribution in [2.45, 2.75) is 49.5 Å². The summed E-state index contributed by atoms with van der Waals surface area (Å²) in [5, 5.41) is 2.48. The highest BCUT2D eigenvalue weighted by Gasteiger charge is 2.57. The van der Waals surface area contributed by atoms with E-state index in [1.54, 1.807) is 0 Å². The Labute approximate surface area is 289 Å². The molecule has 0 aliphatic carbocycles. The van der Waals surface area contributed by atoms with Gasteiger partial charge >= 0.3 is 21.6 Å². The summed E-state index contributed by atoms with van der Waals surface area (Å²) in [5.74, 6) is -1.48. The molecule has 0 saturated carbocycles. The van der Waals surface area contributed by atoms with Crippen LogP contribution in [0.5, 0.6) is 0 Å². The van der Waals surface area contributed by atoms with Crippen LogP contribution in [-0.4, -0.2) is 70.2 Å². The predicted octanol–water partition coefficient (Wildman–Crippen LogP) is 4.86.